The Labute approximate surface area is 114 Å². The fraction of sp³-hybridized carbons (Fsp3) is 0.467. The topological polar surface area (TPSA) is 51.0 Å². The second kappa shape index (κ2) is 5.53. The summed E-state index contributed by atoms with van der Waals surface area (Å²) < 4.78 is 5.35. The Morgan fingerprint density at radius 1 is 1.21 bits per heavy atom. The molecule has 0 bridgehead atoms. The van der Waals surface area contributed by atoms with Crippen molar-refractivity contribution in [2.45, 2.75) is 33.2 Å². The summed E-state index contributed by atoms with van der Waals surface area (Å²) in [5.41, 5.74) is 1.13. The molecular formula is C15H21N3O. The number of rotatable bonds is 4. The normalized spacial score (nSPS) is 13.5. The predicted molar refractivity (Wildman–Crippen MR) is 75.7 cm³/mol. The average molecular weight is 259 g/mol. The van der Waals surface area contributed by atoms with Gasteiger partial charge in [0.05, 0.1) is 0 Å². The minimum Gasteiger partial charge on any atom is -0.339 e. The fourth-order valence-corrected chi connectivity index (χ4v) is 2.06. The Kier molecular flexibility index (Phi) is 4.00. The van der Waals surface area contributed by atoms with Crippen LogP contribution in [0.1, 0.15) is 26.7 Å². The van der Waals surface area contributed by atoms with Crippen molar-refractivity contribution in [3.8, 4) is 11.4 Å². The maximum absolute atomic E-state index is 5.35. The maximum Gasteiger partial charge on any atom is 0.228 e. The molecule has 1 atom stereocenters. The molecule has 19 heavy (non-hydrogen) atoms. The Hall–Kier alpha value is -1.68. The SMILES string of the molecule is CNC(Cc1nc(-c2ccccc2)no1)C(C)(C)C. The summed E-state index contributed by atoms with van der Waals surface area (Å²) >= 11 is 0. The Morgan fingerprint density at radius 2 is 1.89 bits per heavy atom. The first-order valence-electron chi connectivity index (χ1n) is 6.56. The van der Waals surface area contributed by atoms with Crippen molar-refractivity contribution in [2.75, 3.05) is 7.05 Å². The van der Waals surface area contributed by atoms with Gasteiger partial charge in [-0.2, -0.15) is 4.98 Å². The molecule has 0 radical (unpaired) electrons. The number of nitrogens with one attached hydrogen (secondary N) is 1. The van der Waals surface area contributed by atoms with Gasteiger partial charge in [0.15, 0.2) is 0 Å². The largest absolute Gasteiger partial charge is 0.339 e. The molecule has 102 valence electrons. The molecule has 0 amide bonds. The number of likely N-dealkylation sites (N-methyl/N-ethyl adjacent to an activating group) is 1. The molecule has 4 heteroatoms. The highest BCUT2D eigenvalue weighted by molar-refractivity contribution is 5.53. The number of hydrogen-bond donors (Lipinski definition) is 1. The van der Waals surface area contributed by atoms with Crippen molar-refractivity contribution in [3.05, 3.63) is 36.2 Å². The van der Waals surface area contributed by atoms with Crippen molar-refractivity contribution in [1.82, 2.24) is 15.5 Å². The molecule has 0 saturated carbocycles. The molecule has 0 aliphatic rings. The summed E-state index contributed by atoms with van der Waals surface area (Å²) in [6.07, 6.45) is 0.736. The highest BCUT2D eigenvalue weighted by Crippen LogP contribution is 2.23. The third kappa shape index (κ3) is 3.41. The van der Waals surface area contributed by atoms with Gasteiger partial charge in [-0.1, -0.05) is 56.3 Å². The van der Waals surface area contributed by atoms with Crippen molar-refractivity contribution in [1.29, 1.82) is 0 Å². The van der Waals surface area contributed by atoms with Crippen molar-refractivity contribution in [2.24, 2.45) is 5.41 Å². The summed E-state index contributed by atoms with van der Waals surface area (Å²) in [5, 5.41) is 7.35. The Bertz CT molecular complexity index is 514. The van der Waals surface area contributed by atoms with Gasteiger partial charge >= 0.3 is 0 Å². The molecule has 2 rings (SSSR count). The molecule has 1 heterocycles. The third-order valence-electron chi connectivity index (χ3n) is 3.27. The van der Waals surface area contributed by atoms with Crippen molar-refractivity contribution >= 4 is 0 Å². The minimum absolute atomic E-state index is 0.149. The molecule has 4 nitrogen and oxygen atoms in total. The highest BCUT2D eigenvalue weighted by atomic mass is 16.5. The van der Waals surface area contributed by atoms with E-state index in [1.165, 1.54) is 0 Å². The van der Waals surface area contributed by atoms with E-state index in [0.717, 1.165) is 12.0 Å². The molecule has 0 saturated heterocycles. The molecule has 0 spiro atoms. The molecule has 0 fully saturated rings. The Morgan fingerprint density at radius 3 is 2.47 bits per heavy atom. The summed E-state index contributed by atoms with van der Waals surface area (Å²) in [5.74, 6) is 1.33. The Balaban J connectivity index is 2.14. The molecular weight excluding hydrogens is 238 g/mol. The van der Waals surface area contributed by atoms with E-state index in [1.54, 1.807) is 0 Å². The van der Waals surface area contributed by atoms with Gasteiger partial charge in [0.1, 0.15) is 0 Å². The van der Waals surface area contributed by atoms with E-state index in [4.69, 9.17) is 4.52 Å². The van der Waals surface area contributed by atoms with Crippen molar-refractivity contribution in [3.63, 3.8) is 0 Å². The monoisotopic (exact) mass is 259 g/mol. The van der Waals surface area contributed by atoms with Crippen LogP contribution >= 0.6 is 0 Å². The maximum atomic E-state index is 5.35. The van der Waals surface area contributed by atoms with Crippen LogP contribution < -0.4 is 5.32 Å². The van der Waals surface area contributed by atoms with Gasteiger partial charge in [-0.25, -0.2) is 0 Å². The zero-order valence-electron chi connectivity index (χ0n) is 12.0. The number of hydrogen-bond acceptors (Lipinski definition) is 4. The van der Waals surface area contributed by atoms with E-state index >= 15 is 0 Å². The van der Waals surface area contributed by atoms with Gasteiger partial charge in [-0.15, -0.1) is 0 Å². The third-order valence-corrected chi connectivity index (χ3v) is 3.27. The van der Waals surface area contributed by atoms with Crippen LogP contribution in [0.25, 0.3) is 11.4 Å². The van der Waals surface area contributed by atoms with Gasteiger partial charge in [-0.3, -0.25) is 0 Å². The zero-order valence-corrected chi connectivity index (χ0v) is 12.0. The van der Waals surface area contributed by atoms with Gasteiger partial charge in [0.25, 0.3) is 0 Å². The first-order chi connectivity index (χ1) is 9.00. The first-order valence-corrected chi connectivity index (χ1v) is 6.56. The molecule has 0 aliphatic carbocycles. The predicted octanol–water partition coefficient (Wildman–Crippen LogP) is 2.91. The molecule has 1 unspecified atom stereocenters. The second-order valence-corrected chi connectivity index (χ2v) is 5.79. The van der Waals surface area contributed by atoms with Crippen LogP contribution in [0.4, 0.5) is 0 Å². The van der Waals surface area contributed by atoms with Crippen LogP contribution in [0, 0.1) is 5.41 Å². The van der Waals surface area contributed by atoms with E-state index in [9.17, 15) is 0 Å². The number of nitrogens with zero attached hydrogens (tertiary/aromatic N) is 2. The number of aromatic nitrogens is 2. The lowest BCUT2D eigenvalue weighted by Gasteiger charge is -2.29. The lowest BCUT2D eigenvalue weighted by atomic mass is 9.85. The average Bonchev–Trinajstić information content (AvgIpc) is 2.84. The lowest BCUT2D eigenvalue weighted by molar-refractivity contribution is 0.255. The summed E-state index contributed by atoms with van der Waals surface area (Å²) in [6.45, 7) is 6.59. The van der Waals surface area contributed by atoms with Crippen LogP contribution in [-0.4, -0.2) is 23.2 Å². The molecule has 1 aromatic carbocycles. The molecule has 2 aromatic rings. The molecule has 1 N–H and O–H groups in total. The minimum atomic E-state index is 0.149. The van der Waals surface area contributed by atoms with Gasteiger partial charge in [0, 0.05) is 18.0 Å². The van der Waals surface area contributed by atoms with E-state index in [-0.39, 0.29) is 5.41 Å². The summed E-state index contributed by atoms with van der Waals surface area (Å²) in [6, 6.07) is 10.2. The van der Waals surface area contributed by atoms with Crippen LogP contribution in [0.2, 0.25) is 0 Å². The first kappa shape index (κ1) is 13.7. The second-order valence-electron chi connectivity index (χ2n) is 5.79. The summed E-state index contributed by atoms with van der Waals surface area (Å²) in [7, 11) is 1.96. The highest BCUT2D eigenvalue weighted by Gasteiger charge is 2.25. The fourth-order valence-electron chi connectivity index (χ4n) is 2.06. The van der Waals surface area contributed by atoms with Crippen LogP contribution in [0.3, 0.4) is 0 Å². The van der Waals surface area contributed by atoms with Gasteiger partial charge in [0.2, 0.25) is 11.7 Å². The van der Waals surface area contributed by atoms with Crippen LogP contribution in [0.15, 0.2) is 34.9 Å². The van der Waals surface area contributed by atoms with E-state index in [1.807, 2.05) is 37.4 Å². The number of benzene rings is 1. The van der Waals surface area contributed by atoms with E-state index < -0.39 is 0 Å². The van der Waals surface area contributed by atoms with Crippen molar-refractivity contribution < 1.29 is 4.52 Å². The van der Waals surface area contributed by atoms with Gasteiger partial charge < -0.3 is 9.84 Å². The quantitative estimate of drug-likeness (QED) is 0.917. The van der Waals surface area contributed by atoms with Crippen LogP contribution in [-0.2, 0) is 6.42 Å². The molecule has 0 aliphatic heterocycles. The smallest absolute Gasteiger partial charge is 0.228 e. The summed E-state index contributed by atoms with van der Waals surface area (Å²) in [4.78, 5) is 4.46. The van der Waals surface area contributed by atoms with E-state index in [2.05, 4.69) is 36.2 Å². The van der Waals surface area contributed by atoms with E-state index in [0.29, 0.717) is 17.8 Å². The lowest BCUT2D eigenvalue weighted by Crippen LogP contribution is -2.39. The standard InChI is InChI=1S/C15H21N3O/c1-15(2,3)12(16-4)10-13-17-14(18-19-13)11-8-6-5-7-9-11/h5-9,12,16H,10H2,1-4H3. The zero-order chi connectivity index (χ0) is 13.9. The van der Waals surface area contributed by atoms with Crippen LogP contribution in [0.5, 0.6) is 0 Å². The molecule has 1 aromatic heterocycles. The van der Waals surface area contributed by atoms with Gasteiger partial charge in [-0.05, 0) is 12.5 Å².